The number of nitrogens with zero attached hydrogens (tertiary/aromatic N) is 1. The van der Waals surface area contributed by atoms with Crippen LogP contribution in [0.25, 0.3) is 23.1 Å². The van der Waals surface area contributed by atoms with Crippen molar-refractivity contribution >= 4 is 23.1 Å². The fourth-order valence-corrected chi connectivity index (χ4v) is 1.92. The van der Waals surface area contributed by atoms with E-state index in [-0.39, 0.29) is 11.6 Å². The minimum Gasteiger partial charge on any atom is -0.277 e. The number of H-pyrrole nitrogens is 1. The zero-order valence-corrected chi connectivity index (χ0v) is 9.90. The lowest BCUT2D eigenvalue weighted by atomic mass is 10.1. The van der Waals surface area contributed by atoms with Crippen molar-refractivity contribution < 1.29 is 8.78 Å². The van der Waals surface area contributed by atoms with Crippen molar-refractivity contribution in [2.24, 2.45) is 0 Å². The van der Waals surface area contributed by atoms with Gasteiger partial charge in [-0.25, -0.2) is 8.78 Å². The van der Waals surface area contributed by atoms with E-state index < -0.39 is 0 Å². The average Bonchev–Trinajstić information content (AvgIpc) is 2.80. The van der Waals surface area contributed by atoms with E-state index in [1.54, 1.807) is 36.4 Å². The van der Waals surface area contributed by atoms with Crippen LogP contribution in [-0.4, -0.2) is 10.2 Å². The first kappa shape index (κ1) is 11.6. The molecule has 0 bridgehead atoms. The first-order chi connectivity index (χ1) is 9.24. The number of benzene rings is 2. The van der Waals surface area contributed by atoms with Gasteiger partial charge in [-0.15, -0.1) is 0 Å². The van der Waals surface area contributed by atoms with Gasteiger partial charge in [-0.2, -0.15) is 5.10 Å². The second-order valence-electron chi connectivity index (χ2n) is 4.15. The van der Waals surface area contributed by atoms with Crippen molar-refractivity contribution in [2.45, 2.75) is 0 Å². The summed E-state index contributed by atoms with van der Waals surface area (Å²) in [7, 11) is 0. The lowest BCUT2D eigenvalue weighted by Gasteiger charge is -1.94. The molecule has 94 valence electrons. The van der Waals surface area contributed by atoms with E-state index in [1.165, 1.54) is 18.2 Å². The van der Waals surface area contributed by atoms with Gasteiger partial charge in [0.2, 0.25) is 0 Å². The van der Waals surface area contributed by atoms with Crippen LogP contribution in [0.5, 0.6) is 0 Å². The molecule has 0 radical (unpaired) electrons. The molecule has 2 aromatic carbocycles. The van der Waals surface area contributed by atoms with Gasteiger partial charge in [0.05, 0.1) is 11.2 Å². The Morgan fingerprint density at radius 2 is 1.84 bits per heavy atom. The average molecular weight is 256 g/mol. The van der Waals surface area contributed by atoms with E-state index in [0.29, 0.717) is 16.8 Å². The number of hydrogen-bond acceptors (Lipinski definition) is 1. The molecular formula is C15H10F2N2. The maximum atomic E-state index is 13.5. The first-order valence-corrected chi connectivity index (χ1v) is 5.80. The van der Waals surface area contributed by atoms with E-state index >= 15 is 0 Å². The molecule has 3 rings (SSSR count). The molecule has 0 atom stereocenters. The van der Waals surface area contributed by atoms with Crippen LogP contribution >= 0.6 is 0 Å². The van der Waals surface area contributed by atoms with Crippen LogP contribution in [0.15, 0.2) is 42.5 Å². The van der Waals surface area contributed by atoms with E-state index in [0.717, 1.165) is 5.39 Å². The Kier molecular flexibility index (Phi) is 2.83. The highest BCUT2D eigenvalue weighted by Crippen LogP contribution is 2.19. The minimum absolute atomic E-state index is 0.287. The van der Waals surface area contributed by atoms with Crippen LogP contribution in [0.3, 0.4) is 0 Å². The topological polar surface area (TPSA) is 28.7 Å². The van der Waals surface area contributed by atoms with Gasteiger partial charge in [0.1, 0.15) is 11.6 Å². The van der Waals surface area contributed by atoms with Crippen molar-refractivity contribution in [1.29, 1.82) is 0 Å². The predicted molar refractivity (Wildman–Crippen MR) is 71.4 cm³/mol. The quantitative estimate of drug-likeness (QED) is 0.737. The summed E-state index contributed by atoms with van der Waals surface area (Å²) in [6.07, 6.45) is 3.35. The molecule has 0 saturated carbocycles. The summed E-state index contributed by atoms with van der Waals surface area (Å²) >= 11 is 0. The van der Waals surface area contributed by atoms with Crippen LogP contribution in [0.1, 0.15) is 11.3 Å². The number of hydrogen-bond donors (Lipinski definition) is 1. The van der Waals surface area contributed by atoms with Crippen molar-refractivity contribution in [3.8, 4) is 0 Å². The van der Waals surface area contributed by atoms with Gasteiger partial charge in [0.25, 0.3) is 0 Å². The van der Waals surface area contributed by atoms with E-state index in [1.807, 2.05) is 0 Å². The second-order valence-corrected chi connectivity index (χ2v) is 4.15. The Morgan fingerprint density at radius 1 is 1.00 bits per heavy atom. The zero-order valence-electron chi connectivity index (χ0n) is 9.90. The lowest BCUT2D eigenvalue weighted by Crippen LogP contribution is -1.80. The van der Waals surface area contributed by atoms with Crippen LogP contribution < -0.4 is 0 Å². The minimum atomic E-state index is -0.319. The van der Waals surface area contributed by atoms with Crippen molar-refractivity contribution in [3.63, 3.8) is 0 Å². The summed E-state index contributed by atoms with van der Waals surface area (Å²) in [5.74, 6) is -0.606. The smallest absolute Gasteiger partial charge is 0.130 e. The highest BCUT2D eigenvalue weighted by molar-refractivity contribution is 5.89. The van der Waals surface area contributed by atoms with Gasteiger partial charge in [0.15, 0.2) is 0 Å². The normalized spacial score (nSPS) is 11.5. The van der Waals surface area contributed by atoms with Crippen molar-refractivity contribution in [2.75, 3.05) is 0 Å². The summed E-state index contributed by atoms with van der Waals surface area (Å²) < 4.78 is 26.5. The summed E-state index contributed by atoms with van der Waals surface area (Å²) in [6, 6.07) is 10.9. The molecule has 1 aromatic heterocycles. The van der Waals surface area contributed by atoms with E-state index in [9.17, 15) is 8.78 Å². The number of rotatable bonds is 2. The third-order valence-corrected chi connectivity index (χ3v) is 2.88. The van der Waals surface area contributed by atoms with E-state index in [2.05, 4.69) is 10.2 Å². The Bertz CT molecular complexity index is 760. The van der Waals surface area contributed by atoms with E-state index in [4.69, 9.17) is 0 Å². The summed E-state index contributed by atoms with van der Waals surface area (Å²) in [4.78, 5) is 0. The van der Waals surface area contributed by atoms with Gasteiger partial charge in [0, 0.05) is 10.9 Å². The van der Waals surface area contributed by atoms with Gasteiger partial charge >= 0.3 is 0 Å². The molecule has 0 fully saturated rings. The second kappa shape index (κ2) is 4.65. The Hall–Kier alpha value is -2.49. The van der Waals surface area contributed by atoms with Gasteiger partial charge < -0.3 is 0 Å². The zero-order chi connectivity index (χ0) is 13.2. The third-order valence-electron chi connectivity index (χ3n) is 2.88. The fourth-order valence-electron chi connectivity index (χ4n) is 1.92. The molecule has 0 spiro atoms. The standard InChI is InChI=1S/C15H10F2N2/c16-11-6-7-12-14(18-19-15(12)9-11)8-5-10-3-1-2-4-13(10)17/h1-9H,(H,18,19)/b8-5+. The molecule has 1 N–H and O–H groups in total. The molecule has 0 aliphatic carbocycles. The van der Waals surface area contributed by atoms with Gasteiger partial charge in [-0.05, 0) is 36.4 Å². The first-order valence-electron chi connectivity index (χ1n) is 5.80. The van der Waals surface area contributed by atoms with Gasteiger partial charge in [-0.3, -0.25) is 5.10 Å². The number of aromatic nitrogens is 2. The van der Waals surface area contributed by atoms with Crippen LogP contribution in [0.4, 0.5) is 8.78 Å². The maximum Gasteiger partial charge on any atom is 0.130 e. The number of fused-ring (bicyclic) bond motifs is 1. The lowest BCUT2D eigenvalue weighted by molar-refractivity contribution is 0.625. The molecule has 0 amide bonds. The third kappa shape index (κ3) is 2.25. The molecule has 2 nitrogen and oxygen atoms in total. The van der Waals surface area contributed by atoms with Crippen LogP contribution in [-0.2, 0) is 0 Å². The Morgan fingerprint density at radius 3 is 2.68 bits per heavy atom. The molecule has 3 aromatic rings. The highest BCUT2D eigenvalue weighted by atomic mass is 19.1. The highest BCUT2D eigenvalue weighted by Gasteiger charge is 2.04. The molecule has 0 unspecified atom stereocenters. The predicted octanol–water partition coefficient (Wildman–Crippen LogP) is 4.01. The number of halogens is 2. The fraction of sp³-hybridized carbons (Fsp3) is 0. The molecule has 0 saturated heterocycles. The Balaban J connectivity index is 2.00. The monoisotopic (exact) mass is 256 g/mol. The molecule has 4 heteroatoms. The summed E-state index contributed by atoms with van der Waals surface area (Å²) in [5, 5.41) is 7.63. The van der Waals surface area contributed by atoms with Crippen LogP contribution in [0, 0.1) is 11.6 Å². The molecular weight excluding hydrogens is 246 g/mol. The van der Waals surface area contributed by atoms with Crippen molar-refractivity contribution in [1.82, 2.24) is 10.2 Å². The SMILES string of the molecule is Fc1ccc2c(/C=C/c3ccccc3F)n[nH]c2c1. The Labute approximate surface area is 108 Å². The molecule has 19 heavy (non-hydrogen) atoms. The van der Waals surface area contributed by atoms with Crippen molar-refractivity contribution in [3.05, 3.63) is 65.4 Å². The van der Waals surface area contributed by atoms with Crippen LogP contribution in [0.2, 0.25) is 0 Å². The largest absolute Gasteiger partial charge is 0.277 e. The van der Waals surface area contributed by atoms with Gasteiger partial charge in [-0.1, -0.05) is 18.2 Å². The number of nitrogens with one attached hydrogen (secondary N) is 1. The molecule has 0 aliphatic rings. The maximum absolute atomic E-state index is 13.5. The summed E-state index contributed by atoms with van der Waals surface area (Å²) in [5.41, 5.74) is 1.76. The summed E-state index contributed by atoms with van der Waals surface area (Å²) in [6.45, 7) is 0. The number of aromatic amines is 1. The molecule has 1 heterocycles. The molecule has 0 aliphatic heterocycles.